The van der Waals surface area contributed by atoms with Crippen molar-refractivity contribution in [2.45, 2.75) is 62.4 Å². The van der Waals surface area contributed by atoms with Crippen molar-refractivity contribution in [3.63, 3.8) is 0 Å². The number of hydrogen-bond donors (Lipinski definition) is 3. The molecule has 3 N–H and O–H groups in total. The predicted octanol–water partition coefficient (Wildman–Crippen LogP) is 3.87. The van der Waals surface area contributed by atoms with Gasteiger partial charge < -0.3 is 29.9 Å². The van der Waals surface area contributed by atoms with E-state index in [1.54, 1.807) is 6.07 Å². The lowest BCUT2D eigenvalue weighted by molar-refractivity contribution is -0.137. The Bertz CT molecular complexity index is 1420. The van der Waals surface area contributed by atoms with Crippen LogP contribution in [0.4, 0.5) is 13.2 Å². The molecule has 5 rings (SSSR count). The molecular formula is C32H35F3N2O7. The molecule has 1 saturated carbocycles. The van der Waals surface area contributed by atoms with Gasteiger partial charge in [-0.2, -0.15) is 13.2 Å². The summed E-state index contributed by atoms with van der Waals surface area (Å²) in [5.74, 6) is -1.41. The summed E-state index contributed by atoms with van der Waals surface area (Å²) in [7, 11) is 1.40. The monoisotopic (exact) mass is 616 g/mol. The zero-order valence-electron chi connectivity index (χ0n) is 24.2. The van der Waals surface area contributed by atoms with Gasteiger partial charge in [-0.15, -0.1) is 0 Å². The first-order valence-corrected chi connectivity index (χ1v) is 14.7. The van der Waals surface area contributed by atoms with E-state index >= 15 is 0 Å². The Labute approximate surface area is 252 Å². The molecule has 3 aliphatic rings. The van der Waals surface area contributed by atoms with Crippen LogP contribution in [-0.4, -0.2) is 78.3 Å². The highest BCUT2D eigenvalue weighted by atomic mass is 19.4. The van der Waals surface area contributed by atoms with Gasteiger partial charge in [0.1, 0.15) is 18.5 Å². The molecule has 1 fully saturated rings. The van der Waals surface area contributed by atoms with Crippen molar-refractivity contribution in [3.05, 3.63) is 70.3 Å². The number of carbonyl (C=O) groups excluding carboxylic acids is 3. The summed E-state index contributed by atoms with van der Waals surface area (Å²) in [6.45, 7) is -0.162. The largest absolute Gasteiger partial charge is 0.493 e. The Kier molecular flexibility index (Phi) is 9.31. The normalized spacial score (nSPS) is 23.1. The molecule has 0 bridgehead atoms. The number of halogens is 3. The number of aliphatic hydroxyl groups excluding tert-OH is 2. The maximum absolute atomic E-state index is 14.0. The topological polar surface area (TPSA) is 125 Å². The predicted molar refractivity (Wildman–Crippen MR) is 153 cm³/mol. The second-order valence-electron chi connectivity index (χ2n) is 11.4. The Balaban J connectivity index is 1.59. The molecule has 0 radical (unpaired) electrons. The molecule has 4 atom stereocenters. The Morgan fingerprint density at radius 2 is 1.84 bits per heavy atom. The van der Waals surface area contributed by atoms with E-state index in [-0.39, 0.29) is 53.8 Å². The fourth-order valence-electron chi connectivity index (χ4n) is 6.51. The number of aliphatic hydroxyl groups is 2. The van der Waals surface area contributed by atoms with Crippen molar-refractivity contribution in [2.24, 2.45) is 5.92 Å². The van der Waals surface area contributed by atoms with E-state index in [0.29, 0.717) is 11.8 Å². The second-order valence-corrected chi connectivity index (χ2v) is 11.4. The lowest BCUT2D eigenvalue weighted by Gasteiger charge is -2.42. The van der Waals surface area contributed by atoms with Crippen LogP contribution in [0.1, 0.15) is 69.9 Å². The molecule has 0 spiro atoms. The number of nitrogens with zero attached hydrogens (tertiary/aromatic N) is 1. The van der Waals surface area contributed by atoms with Gasteiger partial charge in [-0.1, -0.05) is 19.3 Å². The standard InChI is InChI=1S/C32H35F3N2O7/c1-43-25-14-19(17-39)13-22-26-23(30(41)36-11-12-38)15-24(27(40)29(26)44-28(22)25)37(16-18-5-3-2-4-6-18)31(42)20-7-9-21(10-8-20)32(33,34)35/h7-10,13-15,17-18,24,26-27,29,38,40H,2-6,11-12,16H2,1H3,(H,36,41). The fraction of sp³-hybridized carbons (Fsp3) is 0.469. The molecule has 9 nitrogen and oxygen atoms in total. The number of amides is 2. The van der Waals surface area contributed by atoms with Crippen molar-refractivity contribution < 1.29 is 47.2 Å². The number of alkyl halides is 3. The van der Waals surface area contributed by atoms with Gasteiger partial charge >= 0.3 is 6.18 Å². The number of benzene rings is 2. The summed E-state index contributed by atoms with van der Waals surface area (Å²) in [5, 5.41) is 23.8. The molecule has 2 aromatic carbocycles. The van der Waals surface area contributed by atoms with E-state index in [4.69, 9.17) is 9.47 Å². The first-order valence-electron chi connectivity index (χ1n) is 14.7. The summed E-state index contributed by atoms with van der Waals surface area (Å²) in [5.41, 5.74) is 0.00403. The average Bonchev–Trinajstić information content (AvgIpc) is 3.42. The minimum Gasteiger partial charge on any atom is -0.493 e. The molecule has 2 amide bonds. The summed E-state index contributed by atoms with van der Waals surface area (Å²) in [4.78, 5) is 40.7. The van der Waals surface area contributed by atoms with E-state index in [0.717, 1.165) is 56.4 Å². The van der Waals surface area contributed by atoms with E-state index in [1.165, 1.54) is 24.2 Å². The van der Waals surface area contributed by atoms with Crippen LogP contribution in [0, 0.1) is 5.92 Å². The highest BCUT2D eigenvalue weighted by Gasteiger charge is 2.51. The quantitative estimate of drug-likeness (QED) is 0.366. The maximum atomic E-state index is 14.0. The number of methoxy groups -OCH3 is 1. The highest BCUT2D eigenvalue weighted by Crippen LogP contribution is 2.51. The van der Waals surface area contributed by atoms with Crippen LogP contribution < -0.4 is 14.8 Å². The van der Waals surface area contributed by atoms with E-state index in [2.05, 4.69) is 5.32 Å². The van der Waals surface area contributed by atoms with Crippen LogP contribution in [0.15, 0.2) is 48.0 Å². The van der Waals surface area contributed by atoms with Crippen molar-refractivity contribution in [3.8, 4) is 11.5 Å². The number of ether oxygens (including phenoxy) is 2. The summed E-state index contributed by atoms with van der Waals surface area (Å²) in [6, 6.07) is 5.88. The van der Waals surface area contributed by atoms with Crippen LogP contribution in [0.3, 0.4) is 0 Å². The van der Waals surface area contributed by atoms with E-state index in [1.807, 2.05) is 0 Å². The molecule has 44 heavy (non-hydrogen) atoms. The molecule has 236 valence electrons. The van der Waals surface area contributed by atoms with Crippen molar-refractivity contribution in [2.75, 3.05) is 26.8 Å². The molecule has 0 aromatic heterocycles. The van der Waals surface area contributed by atoms with Gasteiger partial charge in [0.15, 0.2) is 11.5 Å². The second kappa shape index (κ2) is 13.0. The minimum atomic E-state index is -4.57. The molecule has 4 unspecified atom stereocenters. The van der Waals surface area contributed by atoms with Crippen LogP contribution in [0.25, 0.3) is 0 Å². The third kappa shape index (κ3) is 6.18. The van der Waals surface area contributed by atoms with Crippen LogP contribution in [-0.2, 0) is 11.0 Å². The van der Waals surface area contributed by atoms with Gasteiger partial charge in [0, 0.05) is 35.4 Å². The molecule has 2 aromatic rings. The van der Waals surface area contributed by atoms with Crippen LogP contribution in [0.2, 0.25) is 0 Å². The smallest absolute Gasteiger partial charge is 0.416 e. The summed E-state index contributed by atoms with van der Waals surface area (Å²) in [6.07, 6.45) is -0.182. The van der Waals surface area contributed by atoms with Gasteiger partial charge in [-0.05, 0) is 61.2 Å². The maximum Gasteiger partial charge on any atom is 0.416 e. The number of aldehydes is 1. The highest BCUT2D eigenvalue weighted by molar-refractivity contribution is 5.98. The number of carbonyl (C=O) groups is 3. The van der Waals surface area contributed by atoms with Gasteiger partial charge in [0.05, 0.1) is 31.2 Å². The lowest BCUT2D eigenvalue weighted by atomic mass is 9.76. The average molecular weight is 617 g/mol. The third-order valence-corrected chi connectivity index (χ3v) is 8.67. The van der Waals surface area contributed by atoms with Crippen molar-refractivity contribution in [1.82, 2.24) is 10.2 Å². The number of fused-ring (bicyclic) bond motifs is 3. The van der Waals surface area contributed by atoms with Gasteiger partial charge in [0.2, 0.25) is 5.91 Å². The number of hydrogen-bond acceptors (Lipinski definition) is 7. The Morgan fingerprint density at radius 3 is 2.45 bits per heavy atom. The molecular weight excluding hydrogens is 581 g/mol. The molecule has 1 heterocycles. The summed E-state index contributed by atoms with van der Waals surface area (Å²) >= 11 is 0. The third-order valence-electron chi connectivity index (χ3n) is 8.67. The first kappa shape index (κ1) is 31.5. The first-order chi connectivity index (χ1) is 21.1. The zero-order valence-corrected chi connectivity index (χ0v) is 24.2. The number of rotatable bonds is 9. The molecule has 12 heteroatoms. The minimum absolute atomic E-state index is 0.00994. The van der Waals surface area contributed by atoms with Crippen LogP contribution >= 0.6 is 0 Å². The molecule has 1 aliphatic heterocycles. The van der Waals surface area contributed by atoms with Crippen molar-refractivity contribution in [1.29, 1.82) is 0 Å². The van der Waals surface area contributed by atoms with Crippen LogP contribution in [0.5, 0.6) is 11.5 Å². The molecule has 0 saturated heterocycles. The Hall–Kier alpha value is -3.90. The Morgan fingerprint density at radius 1 is 1.14 bits per heavy atom. The SMILES string of the molecule is COc1cc(C=O)cc2c1OC1C2C(C(=O)NCCO)=CC(N(CC2CCCCC2)C(=O)c2ccc(C(F)(F)F)cc2)C1O. The number of nitrogens with one attached hydrogen (secondary N) is 1. The lowest BCUT2D eigenvalue weighted by Crippen LogP contribution is -2.56. The van der Waals surface area contributed by atoms with Gasteiger partial charge in [-0.3, -0.25) is 14.4 Å². The van der Waals surface area contributed by atoms with E-state index in [9.17, 15) is 37.8 Å². The summed E-state index contributed by atoms with van der Waals surface area (Å²) < 4.78 is 51.4. The van der Waals surface area contributed by atoms with Gasteiger partial charge in [-0.25, -0.2) is 0 Å². The van der Waals surface area contributed by atoms with E-state index < -0.39 is 47.7 Å². The zero-order chi connectivity index (χ0) is 31.6. The fourth-order valence-corrected chi connectivity index (χ4v) is 6.51. The van der Waals surface area contributed by atoms with Crippen molar-refractivity contribution >= 4 is 18.1 Å². The molecule has 2 aliphatic carbocycles. The van der Waals surface area contributed by atoms with Gasteiger partial charge in [0.25, 0.3) is 5.91 Å².